The fourth-order valence-corrected chi connectivity index (χ4v) is 4.16. The Morgan fingerprint density at radius 3 is 2.57 bits per heavy atom. The summed E-state index contributed by atoms with van der Waals surface area (Å²) in [6.07, 6.45) is 5.06. The number of imide groups is 1. The molecule has 0 bridgehead atoms. The number of carbonyl (C=O) groups excluding carboxylic acids is 3. The number of halogens is 2. The van der Waals surface area contributed by atoms with Gasteiger partial charge in [-0.3, -0.25) is 14.5 Å². The van der Waals surface area contributed by atoms with E-state index in [9.17, 15) is 23.2 Å². The lowest BCUT2D eigenvalue weighted by atomic mass is 9.91. The van der Waals surface area contributed by atoms with E-state index < -0.39 is 35.7 Å². The van der Waals surface area contributed by atoms with E-state index in [2.05, 4.69) is 5.32 Å². The minimum atomic E-state index is -1.76. The Morgan fingerprint density at radius 2 is 1.93 bits per heavy atom. The van der Waals surface area contributed by atoms with Crippen LogP contribution in [0, 0.1) is 11.6 Å². The molecule has 0 aromatic heterocycles. The van der Waals surface area contributed by atoms with E-state index in [1.165, 1.54) is 6.92 Å². The van der Waals surface area contributed by atoms with E-state index in [0.717, 1.165) is 55.2 Å². The topological polar surface area (TPSA) is 69.7 Å². The molecular weight excluding hydrogens is 368 g/mol. The van der Waals surface area contributed by atoms with Crippen LogP contribution in [0.1, 0.15) is 51.5 Å². The van der Waals surface area contributed by atoms with E-state index in [0.29, 0.717) is 6.54 Å². The van der Waals surface area contributed by atoms with Crippen molar-refractivity contribution in [2.75, 3.05) is 13.1 Å². The highest BCUT2D eigenvalue weighted by molar-refractivity contribution is 6.09. The normalized spacial score (nSPS) is 23.1. The number of likely N-dealkylation sites (N-methyl/N-ethyl adjacent to an activating group) is 1. The minimum absolute atomic E-state index is 0.110. The second-order valence-corrected chi connectivity index (χ2v) is 7.54. The number of rotatable bonds is 5. The highest BCUT2D eigenvalue weighted by Crippen LogP contribution is 2.31. The molecule has 28 heavy (non-hydrogen) atoms. The van der Waals surface area contributed by atoms with Gasteiger partial charge < -0.3 is 10.2 Å². The van der Waals surface area contributed by atoms with Crippen LogP contribution in [0.4, 0.5) is 13.6 Å². The fraction of sp³-hybridized carbons (Fsp3) is 0.550. The number of carbonyl (C=O) groups is 3. The zero-order valence-corrected chi connectivity index (χ0v) is 16.1. The summed E-state index contributed by atoms with van der Waals surface area (Å²) in [5, 5.41) is 2.42. The lowest BCUT2D eigenvalue weighted by Gasteiger charge is -2.34. The predicted molar refractivity (Wildman–Crippen MR) is 98.2 cm³/mol. The van der Waals surface area contributed by atoms with Crippen LogP contribution in [0.25, 0.3) is 0 Å². The standard InChI is InChI=1S/C20H25F2N3O3/c1-3-24(14-7-5-4-6-8-14)17(26)12-25-18(27)20(2,23-19(25)28)15-11-13(21)9-10-16(15)22/h9-11,14H,3-8,12H2,1-2H3,(H,23,28)/t20-/m1/s1. The average Bonchev–Trinajstić information content (AvgIpc) is 2.89. The molecule has 1 aromatic carbocycles. The summed E-state index contributed by atoms with van der Waals surface area (Å²) in [7, 11) is 0. The molecule has 152 valence electrons. The van der Waals surface area contributed by atoms with Gasteiger partial charge in [0.1, 0.15) is 23.7 Å². The van der Waals surface area contributed by atoms with E-state index in [1.54, 1.807) is 4.90 Å². The Hall–Kier alpha value is -2.51. The molecule has 2 aliphatic rings. The molecule has 0 radical (unpaired) electrons. The zero-order valence-electron chi connectivity index (χ0n) is 16.1. The monoisotopic (exact) mass is 393 g/mol. The first-order chi connectivity index (χ1) is 13.3. The van der Waals surface area contributed by atoms with Gasteiger partial charge in [-0.1, -0.05) is 19.3 Å². The molecule has 1 N–H and O–H groups in total. The van der Waals surface area contributed by atoms with Gasteiger partial charge in [0.05, 0.1) is 0 Å². The van der Waals surface area contributed by atoms with Crippen molar-refractivity contribution in [1.29, 1.82) is 0 Å². The summed E-state index contributed by atoms with van der Waals surface area (Å²) < 4.78 is 27.8. The number of benzene rings is 1. The number of amides is 4. The Labute approximate surface area is 162 Å². The molecule has 1 aliphatic carbocycles. The van der Waals surface area contributed by atoms with Crippen LogP contribution < -0.4 is 5.32 Å². The Balaban J connectivity index is 1.79. The van der Waals surface area contributed by atoms with Crippen molar-refractivity contribution in [3.63, 3.8) is 0 Å². The van der Waals surface area contributed by atoms with E-state index in [4.69, 9.17) is 0 Å². The highest BCUT2D eigenvalue weighted by atomic mass is 19.1. The number of nitrogens with one attached hydrogen (secondary N) is 1. The molecule has 1 saturated heterocycles. The third-order valence-electron chi connectivity index (χ3n) is 5.71. The second kappa shape index (κ2) is 7.85. The number of nitrogens with zero attached hydrogens (tertiary/aromatic N) is 2. The molecule has 2 fully saturated rings. The Kier molecular flexibility index (Phi) is 5.67. The first-order valence-electron chi connectivity index (χ1n) is 9.67. The van der Waals surface area contributed by atoms with Crippen molar-refractivity contribution < 1.29 is 23.2 Å². The van der Waals surface area contributed by atoms with E-state index in [-0.39, 0.29) is 17.5 Å². The number of urea groups is 1. The molecule has 8 heteroatoms. The molecule has 3 rings (SSSR count). The summed E-state index contributed by atoms with van der Waals surface area (Å²) in [5.74, 6) is -2.61. The van der Waals surface area contributed by atoms with E-state index >= 15 is 0 Å². The van der Waals surface area contributed by atoms with Gasteiger partial charge >= 0.3 is 6.03 Å². The molecule has 1 aliphatic heterocycles. The zero-order chi connectivity index (χ0) is 20.5. The molecule has 0 unspecified atom stereocenters. The van der Waals surface area contributed by atoms with Crippen molar-refractivity contribution in [2.45, 2.75) is 57.5 Å². The van der Waals surface area contributed by atoms with Crippen LogP contribution >= 0.6 is 0 Å². The van der Waals surface area contributed by atoms with Crippen molar-refractivity contribution in [3.8, 4) is 0 Å². The van der Waals surface area contributed by atoms with Crippen LogP contribution in [-0.4, -0.2) is 46.8 Å². The van der Waals surface area contributed by atoms with Gasteiger partial charge in [0.25, 0.3) is 5.91 Å². The lowest BCUT2D eigenvalue weighted by Crippen LogP contribution is -2.48. The number of hydrogen-bond acceptors (Lipinski definition) is 3. The quantitative estimate of drug-likeness (QED) is 0.782. The third-order valence-corrected chi connectivity index (χ3v) is 5.71. The van der Waals surface area contributed by atoms with Gasteiger partial charge in [-0.15, -0.1) is 0 Å². The van der Waals surface area contributed by atoms with Crippen LogP contribution in [0.3, 0.4) is 0 Å². The van der Waals surface area contributed by atoms with E-state index in [1.807, 2.05) is 6.92 Å². The van der Waals surface area contributed by atoms with Crippen molar-refractivity contribution >= 4 is 17.8 Å². The number of hydrogen-bond donors (Lipinski definition) is 1. The van der Waals surface area contributed by atoms with Crippen LogP contribution in [0.15, 0.2) is 18.2 Å². The molecule has 0 spiro atoms. The highest BCUT2D eigenvalue weighted by Gasteiger charge is 2.51. The molecule has 1 aromatic rings. The SMILES string of the molecule is CCN(C(=O)CN1C(=O)N[C@](C)(c2cc(F)ccc2F)C1=O)C1CCCCC1. The predicted octanol–water partition coefficient (Wildman–Crippen LogP) is 2.91. The summed E-state index contributed by atoms with van der Waals surface area (Å²) in [5.41, 5.74) is -2.02. The second-order valence-electron chi connectivity index (χ2n) is 7.54. The molecule has 1 heterocycles. The van der Waals surface area contributed by atoms with Gasteiger partial charge in [0.2, 0.25) is 5.91 Å². The smallest absolute Gasteiger partial charge is 0.325 e. The molecule has 4 amide bonds. The third kappa shape index (κ3) is 3.59. The first-order valence-corrected chi connectivity index (χ1v) is 9.67. The van der Waals surface area contributed by atoms with Gasteiger partial charge in [-0.25, -0.2) is 13.6 Å². The maximum Gasteiger partial charge on any atom is 0.325 e. The average molecular weight is 393 g/mol. The maximum absolute atomic E-state index is 14.2. The van der Waals surface area contributed by atoms with Crippen molar-refractivity contribution in [2.24, 2.45) is 0 Å². The summed E-state index contributed by atoms with van der Waals surface area (Å²) in [6, 6.07) is 2.06. The van der Waals surface area contributed by atoms with Gasteiger partial charge in [-0.05, 0) is 44.9 Å². The largest absolute Gasteiger partial charge is 0.338 e. The van der Waals surface area contributed by atoms with Crippen LogP contribution in [0.2, 0.25) is 0 Å². The first kappa shape index (κ1) is 20.2. The maximum atomic E-state index is 14.2. The Morgan fingerprint density at radius 1 is 1.25 bits per heavy atom. The van der Waals surface area contributed by atoms with Gasteiger partial charge in [-0.2, -0.15) is 0 Å². The Bertz CT molecular complexity index is 795. The fourth-order valence-electron chi connectivity index (χ4n) is 4.16. The lowest BCUT2D eigenvalue weighted by molar-refractivity contribution is -0.140. The molecule has 6 nitrogen and oxygen atoms in total. The van der Waals surface area contributed by atoms with Crippen molar-refractivity contribution in [1.82, 2.24) is 15.1 Å². The molecule has 1 atom stereocenters. The van der Waals surface area contributed by atoms with Gasteiger partial charge in [0, 0.05) is 18.2 Å². The van der Waals surface area contributed by atoms with Gasteiger partial charge in [0.15, 0.2) is 0 Å². The van der Waals surface area contributed by atoms with Crippen LogP contribution in [-0.2, 0) is 15.1 Å². The summed E-state index contributed by atoms with van der Waals surface area (Å²) in [4.78, 5) is 40.6. The molecular formula is C20H25F2N3O3. The van der Waals surface area contributed by atoms with Crippen LogP contribution in [0.5, 0.6) is 0 Å². The molecule has 1 saturated carbocycles. The summed E-state index contributed by atoms with van der Waals surface area (Å²) >= 11 is 0. The van der Waals surface area contributed by atoms with Crippen molar-refractivity contribution in [3.05, 3.63) is 35.4 Å². The summed E-state index contributed by atoms with van der Waals surface area (Å²) in [6.45, 7) is 3.25. The minimum Gasteiger partial charge on any atom is -0.338 e.